The molecule has 0 aliphatic rings. The zero-order valence-corrected chi connectivity index (χ0v) is 12.9. The number of carbonyl (C=O) groups excluding carboxylic acids is 1. The lowest BCUT2D eigenvalue weighted by Gasteiger charge is -2.03. The Balaban J connectivity index is 1.56. The van der Waals surface area contributed by atoms with Gasteiger partial charge in [0.25, 0.3) is 5.91 Å². The Kier molecular flexibility index (Phi) is 3.35. The SMILES string of the molecule is O=C(NCc1csc2ccccc12)c1cc2c(F)cccc2[nH]1. The number of benzene rings is 2. The summed E-state index contributed by atoms with van der Waals surface area (Å²) in [6, 6.07) is 14.4. The highest BCUT2D eigenvalue weighted by Crippen LogP contribution is 2.25. The highest BCUT2D eigenvalue weighted by molar-refractivity contribution is 7.17. The number of hydrogen-bond donors (Lipinski definition) is 2. The number of hydrogen-bond acceptors (Lipinski definition) is 2. The van der Waals surface area contributed by atoms with Crippen LogP contribution >= 0.6 is 11.3 Å². The highest BCUT2D eigenvalue weighted by Gasteiger charge is 2.12. The van der Waals surface area contributed by atoms with Crippen molar-refractivity contribution in [2.45, 2.75) is 6.54 Å². The van der Waals surface area contributed by atoms with Crippen molar-refractivity contribution < 1.29 is 9.18 Å². The van der Waals surface area contributed by atoms with E-state index in [0.29, 0.717) is 23.1 Å². The van der Waals surface area contributed by atoms with Gasteiger partial charge in [0.05, 0.1) is 0 Å². The molecule has 0 atom stereocenters. The van der Waals surface area contributed by atoms with Crippen LogP contribution in [0, 0.1) is 5.82 Å². The molecule has 1 amide bonds. The fourth-order valence-corrected chi connectivity index (χ4v) is 3.64. The minimum absolute atomic E-state index is 0.240. The number of H-pyrrole nitrogens is 1. The van der Waals surface area contributed by atoms with Crippen molar-refractivity contribution in [1.29, 1.82) is 0 Å². The van der Waals surface area contributed by atoms with Crippen molar-refractivity contribution in [3.63, 3.8) is 0 Å². The topological polar surface area (TPSA) is 44.9 Å². The molecule has 0 aliphatic carbocycles. The van der Waals surface area contributed by atoms with Gasteiger partial charge in [0, 0.05) is 22.1 Å². The molecule has 0 aliphatic heterocycles. The first-order valence-corrected chi connectivity index (χ1v) is 8.11. The summed E-state index contributed by atoms with van der Waals surface area (Å²) in [6.07, 6.45) is 0. The zero-order valence-electron chi connectivity index (χ0n) is 12.1. The van der Waals surface area contributed by atoms with Crippen molar-refractivity contribution in [1.82, 2.24) is 10.3 Å². The van der Waals surface area contributed by atoms with Crippen LogP contribution in [0.2, 0.25) is 0 Å². The van der Waals surface area contributed by atoms with Crippen molar-refractivity contribution in [2.75, 3.05) is 0 Å². The third-order valence-electron chi connectivity index (χ3n) is 3.86. The van der Waals surface area contributed by atoms with Gasteiger partial charge in [-0.15, -0.1) is 11.3 Å². The second-order valence-electron chi connectivity index (χ2n) is 5.32. The molecule has 3 nitrogen and oxygen atoms in total. The predicted octanol–water partition coefficient (Wildman–Crippen LogP) is 4.45. The van der Waals surface area contributed by atoms with Crippen LogP contribution in [0.3, 0.4) is 0 Å². The molecule has 2 heterocycles. The summed E-state index contributed by atoms with van der Waals surface area (Å²) in [5.41, 5.74) is 2.07. The molecule has 0 radical (unpaired) electrons. The molecule has 4 aromatic rings. The van der Waals surface area contributed by atoms with Crippen LogP contribution in [0.5, 0.6) is 0 Å². The Bertz CT molecular complexity index is 1020. The van der Waals surface area contributed by atoms with E-state index in [1.165, 1.54) is 10.8 Å². The average Bonchev–Trinajstić information content (AvgIpc) is 3.17. The largest absolute Gasteiger partial charge is 0.350 e. The third kappa shape index (κ3) is 2.49. The number of aromatic amines is 1. The number of nitrogens with one attached hydrogen (secondary N) is 2. The van der Waals surface area contributed by atoms with E-state index in [2.05, 4.69) is 21.7 Å². The minimum atomic E-state index is -0.332. The number of thiophene rings is 1. The molecule has 2 N–H and O–H groups in total. The normalized spacial score (nSPS) is 11.2. The van der Waals surface area contributed by atoms with E-state index < -0.39 is 0 Å². The van der Waals surface area contributed by atoms with Crippen LogP contribution in [0.15, 0.2) is 53.9 Å². The van der Waals surface area contributed by atoms with Gasteiger partial charge in [-0.05, 0) is 40.6 Å². The van der Waals surface area contributed by atoms with Gasteiger partial charge < -0.3 is 10.3 Å². The van der Waals surface area contributed by atoms with Crippen molar-refractivity contribution in [3.8, 4) is 0 Å². The maximum Gasteiger partial charge on any atom is 0.267 e. The maximum absolute atomic E-state index is 13.7. The first kappa shape index (κ1) is 14.0. The summed E-state index contributed by atoms with van der Waals surface area (Å²) in [5, 5.41) is 6.52. The number of halogens is 1. The van der Waals surface area contributed by atoms with Gasteiger partial charge in [-0.1, -0.05) is 24.3 Å². The number of carbonyl (C=O) groups is 1. The van der Waals surface area contributed by atoms with Crippen molar-refractivity contribution >= 4 is 38.2 Å². The van der Waals surface area contributed by atoms with E-state index in [0.717, 1.165) is 10.9 Å². The van der Waals surface area contributed by atoms with E-state index in [4.69, 9.17) is 0 Å². The van der Waals surface area contributed by atoms with E-state index in [9.17, 15) is 9.18 Å². The van der Waals surface area contributed by atoms with Gasteiger partial charge in [-0.2, -0.15) is 0 Å². The average molecular weight is 324 g/mol. The quantitative estimate of drug-likeness (QED) is 0.574. The molecule has 0 spiro atoms. The summed E-state index contributed by atoms with van der Waals surface area (Å²) in [4.78, 5) is 15.2. The lowest BCUT2D eigenvalue weighted by Crippen LogP contribution is -2.22. The van der Waals surface area contributed by atoms with Gasteiger partial charge in [0.15, 0.2) is 0 Å². The number of aromatic nitrogens is 1. The zero-order chi connectivity index (χ0) is 15.8. The van der Waals surface area contributed by atoms with E-state index >= 15 is 0 Å². The molecule has 0 fully saturated rings. The Labute approximate surface area is 135 Å². The summed E-state index contributed by atoms with van der Waals surface area (Å²) >= 11 is 1.66. The molecule has 0 bridgehead atoms. The fourth-order valence-electron chi connectivity index (χ4n) is 2.68. The molecule has 23 heavy (non-hydrogen) atoms. The molecule has 0 unspecified atom stereocenters. The van der Waals surface area contributed by atoms with Crippen LogP contribution in [0.1, 0.15) is 16.1 Å². The molecule has 0 saturated carbocycles. The lowest BCUT2D eigenvalue weighted by molar-refractivity contribution is 0.0947. The van der Waals surface area contributed by atoms with Gasteiger partial charge >= 0.3 is 0 Å². The number of fused-ring (bicyclic) bond motifs is 2. The molecular weight excluding hydrogens is 311 g/mol. The highest BCUT2D eigenvalue weighted by atomic mass is 32.1. The molecule has 4 rings (SSSR count). The van der Waals surface area contributed by atoms with Gasteiger partial charge in [-0.3, -0.25) is 4.79 Å². The first-order chi connectivity index (χ1) is 11.2. The smallest absolute Gasteiger partial charge is 0.267 e. The second kappa shape index (κ2) is 5.52. The molecule has 114 valence electrons. The maximum atomic E-state index is 13.7. The molecule has 5 heteroatoms. The van der Waals surface area contributed by atoms with Gasteiger partial charge in [0.2, 0.25) is 0 Å². The van der Waals surface area contributed by atoms with Crippen LogP contribution in [-0.4, -0.2) is 10.9 Å². The van der Waals surface area contributed by atoms with Gasteiger partial charge in [0.1, 0.15) is 11.5 Å². The lowest BCUT2D eigenvalue weighted by atomic mass is 10.2. The summed E-state index contributed by atoms with van der Waals surface area (Å²) in [7, 11) is 0. The summed E-state index contributed by atoms with van der Waals surface area (Å²) in [6.45, 7) is 0.445. The molecule has 0 saturated heterocycles. The van der Waals surface area contributed by atoms with Gasteiger partial charge in [-0.25, -0.2) is 4.39 Å². The molecule has 2 aromatic carbocycles. The van der Waals surface area contributed by atoms with Crippen molar-refractivity contribution in [2.24, 2.45) is 0 Å². The standard InChI is InChI=1S/C18H13FN2OS/c19-14-5-3-6-15-13(14)8-16(21-15)18(22)20-9-11-10-23-17-7-2-1-4-12(11)17/h1-8,10,21H,9H2,(H,20,22). The van der Waals surface area contributed by atoms with E-state index in [1.807, 2.05) is 18.2 Å². The first-order valence-electron chi connectivity index (χ1n) is 7.23. The van der Waals surface area contributed by atoms with E-state index in [-0.39, 0.29) is 11.7 Å². The molecule has 2 aromatic heterocycles. The number of rotatable bonds is 3. The Morgan fingerprint density at radius 1 is 1.13 bits per heavy atom. The summed E-state index contributed by atoms with van der Waals surface area (Å²) in [5.74, 6) is -0.572. The Morgan fingerprint density at radius 3 is 2.87 bits per heavy atom. The minimum Gasteiger partial charge on any atom is -0.350 e. The third-order valence-corrected chi connectivity index (χ3v) is 4.87. The summed E-state index contributed by atoms with van der Waals surface area (Å²) < 4.78 is 14.9. The fraction of sp³-hybridized carbons (Fsp3) is 0.0556. The Morgan fingerprint density at radius 2 is 2.00 bits per heavy atom. The Hall–Kier alpha value is -2.66. The van der Waals surface area contributed by atoms with Crippen LogP contribution in [0.4, 0.5) is 4.39 Å². The second-order valence-corrected chi connectivity index (χ2v) is 6.24. The van der Waals surface area contributed by atoms with Crippen molar-refractivity contribution in [3.05, 3.63) is 71.0 Å². The van der Waals surface area contributed by atoms with Crippen LogP contribution in [0.25, 0.3) is 21.0 Å². The predicted molar refractivity (Wildman–Crippen MR) is 91.3 cm³/mol. The van der Waals surface area contributed by atoms with Crippen LogP contribution in [-0.2, 0) is 6.54 Å². The molecular formula is C18H13FN2OS. The van der Waals surface area contributed by atoms with Crippen LogP contribution < -0.4 is 5.32 Å². The van der Waals surface area contributed by atoms with E-state index in [1.54, 1.807) is 29.5 Å². The number of amides is 1. The monoisotopic (exact) mass is 324 g/mol.